The quantitative estimate of drug-likeness (QED) is 0.825. The van der Waals surface area contributed by atoms with Crippen LogP contribution in [0, 0.1) is 19.7 Å². The molecule has 0 aliphatic carbocycles. The van der Waals surface area contributed by atoms with Crippen molar-refractivity contribution in [2.45, 2.75) is 33.5 Å². The average Bonchev–Trinajstić information content (AvgIpc) is 2.57. The summed E-state index contributed by atoms with van der Waals surface area (Å²) in [6.07, 6.45) is 0.0679. The van der Waals surface area contributed by atoms with Crippen LogP contribution in [0.3, 0.4) is 0 Å². The standard InChI is InChI=1S/C19H21FO4/c1-12-7-17(20)18(8-13(12)2)24-11-16-14(9-19(22)23-3)5-4-6-15(16)10-21/h4-8,21H,9-11H2,1-3H3. The van der Waals surface area contributed by atoms with Crippen molar-refractivity contribution in [2.75, 3.05) is 7.11 Å². The van der Waals surface area contributed by atoms with Gasteiger partial charge in [-0.1, -0.05) is 18.2 Å². The second-order valence-electron chi connectivity index (χ2n) is 5.62. The molecule has 0 aliphatic heterocycles. The Morgan fingerprint density at radius 3 is 2.50 bits per heavy atom. The Labute approximate surface area is 140 Å². The first kappa shape index (κ1) is 17.9. The lowest BCUT2D eigenvalue weighted by molar-refractivity contribution is -0.139. The number of aryl methyl sites for hydroxylation is 2. The van der Waals surface area contributed by atoms with E-state index in [1.807, 2.05) is 13.8 Å². The summed E-state index contributed by atoms with van der Waals surface area (Å²) >= 11 is 0. The lowest BCUT2D eigenvalue weighted by atomic mass is 9.99. The van der Waals surface area contributed by atoms with Crippen molar-refractivity contribution in [1.82, 2.24) is 0 Å². The van der Waals surface area contributed by atoms with Gasteiger partial charge in [0, 0.05) is 0 Å². The van der Waals surface area contributed by atoms with Gasteiger partial charge >= 0.3 is 5.97 Å². The second-order valence-corrected chi connectivity index (χ2v) is 5.62. The van der Waals surface area contributed by atoms with Crippen molar-refractivity contribution in [1.29, 1.82) is 0 Å². The molecule has 0 spiro atoms. The van der Waals surface area contributed by atoms with Crippen LogP contribution in [0.2, 0.25) is 0 Å². The molecule has 0 unspecified atom stereocenters. The van der Waals surface area contributed by atoms with E-state index >= 15 is 0 Å². The van der Waals surface area contributed by atoms with Gasteiger partial charge in [0.05, 0.1) is 20.1 Å². The van der Waals surface area contributed by atoms with E-state index in [0.717, 1.165) is 11.1 Å². The van der Waals surface area contributed by atoms with Crippen molar-refractivity contribution >= 4 is 5.97 Å². The van der Waals surface area contributed by atoms with Crippen LogP contribution in [0.15, 0.2) is 30.3 Å². The first-order chi connectivity index (χ1) is 11.5. The molecule has 0 atom stereocenters. The van der Waals surface area contributed by atoms with Gasteiger partial charge in [0.25, 0.3) is 0 Å². The maximum absolute atomic E-state index is 14.0. The van der Waals surface area contributed by atoms with E-state index in [0.29, 0.717) is 16.7 Å². The zero-order valence-corrected chi connectivity index (χ0v) is 14.1. The van der Waals surface area contributed by atoms with Crippen LogP contribution >= 0.6 is 0 Å². The van der Waals surface area contributed by atoms with Gasteiger partial charge in [-0.05, 0) is 53.8 Å². The average molecular weight is 332 g/mol. The van der Waals surface area contributed by atoms with Gasteiger partial charge in [0.2, 0.25) is 0 Å². The molecule has 4 nitrogen and oxygen atoms in total. The van der Waals surface area contributed by atoms with Gasteiger partial charge in [-0.2, -0.15) is 0 Å². The molecule has 0 radical (unpaired) electrons. The molecule has 5 heteroatoms. The molecular formula is C19H21FO4. The first-order valence-electron chi connectivity index (χ1n) is 7.63. The number of benzene rings is 2. The van der Waals surface area contributed by atoms with Gasteiger partial charge in [0.15, 0.2) is 11.6 Å². The summed E-state index contributed by atoms with van der Waals surface area (Å²) in [5.74, 6) is -0.673. The molecule has 24 heavy (non-hydrogen) atoms. The van der Waals surface area contributed by atoms with Crippen LogP contribution in [-0.4, -0.2) is 18.2 Å². The molecule has 1 N–H and O–H groups in total. The minimum Gasteiger partial charge on any atom is -0.486 e. The lowest BCUT2D eigenvalue weighted by Crippen LogP contribution is -2.11. The first-order valence-corrected chi connectivity index (χ1v) is 7.63. The van der Waals surface area contributed by atoms with Gasteiger partial charge in [-0.3, -0.25) is 4.79 Å². The summed E-state index contributed by atoms with van der Waals surface area (Å²) in [6.45, 7) is 3.58. The van der Waals surface area contributed by atoms with Crippen LogP contribution in [0.4, 0.5) is 4.39 Å². The summed E-state index contributed by atoms with van der Waals surface area (Å²) < 4.78 is 24.3. The fourth-order valence-electron chi connectivity index (χ4n) is 2.43. The summed E-state index contributed by atoms with van der Waals surface area (Å²) in [5, 5.41) is 9.52. The molecule has 0 fully saturated rings. The molecule has 0 aromatic heterocycles. The van der Waals surface area contributed by atoms with E-state index in [9.17, 15) is 14.3 Å². The molecule has 2 aromatic carbocycles. The van der Waals surface area contributed by atoms with Crippen molar-refractivity contribution < 1.29 is 23.8 Å². The normalized spacial score (nSPS) is 10.5. The highest BCUT2D eigenvalue weighted by molar-refractivity contribution is 5.73. The Hall–Kier alpha value is -2.40. The van der Waals surface area contributed by atoms with Crippen LogP contribution in [0.5, 0.6) is 5.75 Å². The number of halogens is 1. The molecule has 2 aromatic rings. The molecule has 0 heterocycles. The maximum atomic E-state index is 14.0. The number of methoxy groups -OCH3 is 1. The van der Waals surface area contributed by atoms with Crippen LogP contribution < -0.4 is 4.74 Å². The number of carbonyl (C=O) groups is 1. The van der Waals surface area contributed by atoms with Gasteiger partial charge in [-0.15, -0.1) is 0 Å². The third-order valence-corrected chi connectivity index (χ3v) is 4.02. The molecular weight excluding hydrogens is 311 g/mol. The van der Waals surface area contributed by atoms with Crippen LogP contribution in [0.1, 0.15) is 27.8 Å². The molecule has 0 saturated heterocycles. The summed E-state index contributed by atoms with van der Waals surface area (Å²) in [6, 6.07) is 8.34. The molecule has 2 rings (SSSR count). The van der Waals surface area contributed by atoms with E-state index in [2.05, 4.69) is 0 Å². The largest absolute Gasteiger partial charge is 0.486 e. The summed E-state index contributed by atoms with van der Waals surface area (Å²) in [4.78, 5) is 11.6. The number of hydrogen-bond donors (Lipinski definition) is 1. The third kappa shape index (κ3) is 4.11. The number of hydrogen-bond acceptors (Lipinski definition) is 4. The van der Waals surface area contributed by atoms with Crippen LogP contribution in [0.25, 0.3) is 0 Å². The maximum Gasteiger partial charge on any atom is 0.309 e. The smallest absolute Gasteiger partial charge is 0.309 e. The van der Waals surface area contributed by atoms with E-state index in [-0.39, 0.29) is 31.4 Å². The van der Waals surface area contributed by atoms with E-state index < -0.39 is 5.82 Å². The topological polar surface area (TPSA) is 55.8 Å². The van der Waals surface area contributed by atoms with Crippen molar-refractivity contribution in [3.8, 4) is 5.75 Å². The molecule has 0 amide bonds. The molecule has 0 saturated carbocycles. The summed E-state index contributed by atoms with van der Waals surface area (Å²) in [5.41, 5.74) is 3.78. The van der Waals surface area contributed by atoms with Crippen LogP contribution in [-0.2, 0) is 29.2 Å². The minimum absolute atomic E-state index is 0.0580. The van der Waals surface area contributed by atoms with E-state index in [1.54, 1.807) is 24.3 Å². The molecule has 0 bridgehead atoms. The SMILES string of the molecule is COC(=O)Cc1cccc(CO)c1COc1cc(C)c(C)cc1F. The third-order valence-electron chi connectivity index (χ3n) is 4.02. The number of rotatable bonds is 6. The Kier molecular flexibility index (Phi) is 5.93. The molecule has 128 valence electrons. The van der Waals surface area contributed by atoms with Gasteiger partial charge < -0.3 is 14.6 Å². The zero-order valence-electron chi connectivity index (χ0n) is 14.1. The highest BCUT2D eigenvalue weighted by Gasteiger charge is 2.14. The Morgan fingerprint density at radius 1 is 1.17 bits per heavy atom. The van der Waals surface area contributed by atoms with Crippen molar-refractivity contribution in [3.63, 3.8) is 0 Å². The van der Waals surface area contributed by atoms with E-state index in [4.69, 9.17) is 9.47 Å². The highest BCUT2D eigenvalue weighted by atomic mass is 19.1. The molecule has 0 aliphatic rings. The minimum atomic E-state index is -0.436. The fraction of sp³-hybridized carbons (Fsp3) is 0.316. The Balaban J connectivity index is 2.28. The van der Waals surface area contributed by atoms with E-state index in [1.165, 1.54) is 13.2 Å². The predicted octanol–water partition coefficient (Wildman–Crippen LogP) is 3.23. The monoisotopic (exact) mass is 332 g/mol. The zero-order chi connectivity index (χ0) is 17.7. The lowest BCUT2D eigenvalue weighted by Gasteiger charge is -2.15. The second kappa shape index (κ2) is 7.93. The number of ether oxygens (including phenoxy) is 2. The van der Waals surface area contributed by atoms with Gasteiger partial charge in [0.1, 0.15) is 6.61 Å². The highest BCUT2D eigenvalue weighted by Crippen LogP contribution is 2.24. The number of aliphatic hydroxyl groups excluding tert-OH is 1. The van der Waals surface area contributed by atoms with Crippen molar-refractivity contribution in [3.05, 3.63) is 64.0 Å². The number of aliphatic hydroxyl groups is 1. The fourth-order valence-corrected chi connectivity index (χ4v) is 2.43. The summed E-state index contributed by atoms with van der Waals surface area (Å²) in [7, 11) is 1.32. The Bertz CT molecular complexity index is 740. The number of esters is 1. The van der Waals surface area contributed by atoms with Gasteiger partial charge in [-0.25, -0.2) is 4.39 Å². The van der Waals surface area contributed by atoms with Crippen molar-refractivity contribution in [2.24, 2.45) is 0 Å². The number of carbonyl (C=O) groups excluding carboxylic acids is 1. The Morgan fingerprint density at radius 2 is 1.83 bits per heavy atom. The predicted molar refractivity (Wildman–Crippen MR) is 88.3 cm³/mol.